The van der Waals surface area contributed by atoms with Crippen LogP contribution in [0.5, 0.6) is 5.75 Å². The van der Waals surface area contributed by atoms with Gasteiger partial charge in [-0.2, -0.15) is 0 Å². The Morgan fingerprint density at radius 1 is 1.46 bits per heavy atom. The number of amides is 1. The van der Waals surface area contributed by atoms with Crippen molar-refractivity contribution in [3.63, 3.8) is 0 Å². The van der Waals surface area contributed by atoms with Crippen LogP contribution in [0.25, 0.3) is 0 Å². The summed E-state index contributed by atoms with van der Waals surface area (Å²) in [4.78, 5) is 25.2. The monoisotopic (exact) mass is 334 g/mol. The molecule has 1 atom stereocenters. The first kappa shape index (κ1) is 18.4. The lowest BCUT2D eigenvalue weighted by Crippen LogP contribution is -2.48. The zero-order valence-electron chi connectivity index (χ0n) is 14.4. The van der Waals surface area contributed by atoms with E-state index in [0.717, 1.165) is 19.6 Å². The highest BCUT2D eigenvalue weighted by molar-refractivity contribution is 5.80. The van der Waals surface area contributed by atoms with Crippen LogP contribution in [0, 0.1) is 5.92 Å². The van der Waals surface area contributed by atoms with E-state index in [4.69, 9.17) is 9.47 Å². The first-order chi connectivity index (χ1) is 11.6. The molecular formula is C18H26N2O4. The Kier molecular flexibility index (Phi) is 7.21. The maximum atomic E-state index is 11.9. The van der Waals surface area contributed by atoms with E-state index in [2.05, 4.69) is 24.1 Å². The molecular weight excluding hydrogens is 308 g/mol. The van der Waals surface area contributed by atoms with Gasteiger partial charge in [-0.1, -0.05) is 26.0 Å². The van der Waals surface area contributed by atoms with Gasteiger partial charge in [0, 0.05) is 26.2 Å². The third kappa shape index (κ3) is 5.94. The summed E-state index contributed by atoms with van der Waals surface area (Å²) in [5, 5.41) is 2.83. The molecule has 1 heterocycles. The molecule has 0 spiro atoms. The summed E-state index contributed by atoms with van der Waals surface area (Å²) in [6.07, 6.45) is 0.718. The van der Waals surface area contributed by atoms with Gasteiger partial charge in [0.25, 0.3) is 5.91 Å². The number of para-hydroxylation sites is 1. The van der Waals surface area contributed by atoms with Gasteiger partial charge in [-0.05, 0) is 18.1 Å². The minimum Gasteiger partial charge on any atom is -0.483 e. The summed E-state index contributed by atoms with van der Waals surface area (Å²) in [7, 11) is 0. The highest BCUT2D eigenvalue weighted by Crippen LogP contribution is 2.15. The number of morpholine rings is 1. The van der Waals surface area contributed by atoms with Crippen molar-refractivity contribution in [3.8, 4) is 5.75 Å². The molecule has 1 amide bonds. The van der Waals surface area contributed by atoms with Crippen molar-refractivity contribution in [1.29, 1.82) is 0 Å². The highest BCUT2D eigenvalue weighted by atomic mass is 16.5. The van der Waals surface area contributed by atoms with Gasteiger partial charge in [0.15, 0.2) is 12.9 Å². The number of hydrogen-bond donors (Lipinski definition) is 1. The van der Waals surface area contributed by atoms with Crippen LogP contribution in [0.1, 0.15) is 24.2 Å². The molecule has 6 heteroatoms. The molecule has 0 saturated carbocycles. The zero-order chi connectivity index (χ0) is 17.4. The molecule has 1 aliphatic heterocycles. The fourth-order valence-electron chi connectivity index (χ4n) is 2.72. The average molecular weight is 334 g/mol. The summed E-state index contributed by atoms with van der Waals surface area (Å²) < 4.78 is 11.1. The van der Waals surface area contributed by atoms with Crippen molar-refractivity contribution in [2.75, 3.05) is 39.4 Å². The number of nitrogens with one attached hydrogen (secondary N) is 1. The Balaban J connectivity index is 1.72. The second-order valence-corrected chi connectivity index (χ2v) is 6.39. The zero-order valence-corrected chi connectivity index (χ0v) is 14.4. The second kappa shape index (κ2) is 9.39. The topological polar surface area (TPSA) is 67.9 Å². The van der Waals surface area contributed by atoms with Crippen LogP contribution in [-0.2, 0) is 9.53 Å². The van der Waals surface area contributed by atoms with Crippen LogP contribution in [0.2, 0.25) is 0 Å². The van der Waals surface area contributed by atoms with Crippen molar-refractivity contribution >= 4 is 12.2 Å². The van der Waals surface area contributed by atoms with Crippen molar-refractivity contribution < 1.29 is 19.1 Å². The van der Waals surface area contributed by atoms with Gasteiger partial charge >= 0.3 is 0 Å². The molecule has 24 heavy (non-hydrogen) atoms. The van der Waals surface area contributed by atoms with Gasteiger partial charge in [0.05, 0.1) is 18.3 Å². The molecule has 0 aliphatic carbocycles. The van der Waals surface area contributed by atoms with E-state index in [1.54, 1.807) is 24.3 Å². The third-order valence-electron chi connectivity index (χ3n) is 3.78. The number of ether oxygens (including phenoxy) is 2. The number of aldehydes is 1. The Morgan fingerprint density at radius 2 is 2.25 bits per heavy atom. The molecule has 1 aliphatic rings. The number of benzene rings is 1. The molecule has 0 bridgehead atoms. The van der Waals surface area contributed by atoms with Crippen molar-refractivity contribution in [2.45, 2.75) is 20.0 Å². The molecule has 1 fully saturated rings. The van der Waals surface area contributed by atoms with Crippen LogP contribution >= 0.6 is 0 Å². The average Bonchev–Trinajstić information content (AvgIpc) is 2.58. The standard InChI is InChI=1S/C18H26N2O4/c1-14(2)10-20-7-8-23-16(11-20)9-19-18(22)13-24-17-6-4-3-5-15(17)12-21/h3-6,12,14,16H,7-11,13H2,1-2H3,(H,19,22). The molecule has 0 aromatic heterocycles. The van der Waals surface area contributed by atoms with Crippen LogP contribution in [-0.4, -0.2) is 62.6 Å². The smallest absolute Gasteiger partial charge is 0.258 e. The lowest BCUT2D eigenvalue weighted by atomic mass is 10.2. The SMILES string of the molecule is CC(C)CN1CCOC(CNC(=O)COc2ccccc2C=O)C1. The Hall–Kier alpha value is -1.92. The van der Waals surface area contributed by atoms with Crippen molar-refractivity contribution in [3.05, 3.63) is 29.8 Å². The van der Waals surface area contributed by atoms with Crippen LogP contribution in [0.4, 0.5) is 0 Å². The maximum Gasteiger partial charge on any atom is 0.258 e. The summed E-state index contributed by atoms with van der Waals surface area (Å²) in [5.41, 5.74) is 0.435. The second-order valence-electron chi connectivity index (χ2n) is 6.39. The predicted octanol–water partition coefficient (Wildman–Crippen LogP) is 1.35. The van der Waals surface area contributed by atoms with Gasteiger partial charge < -0.3 is 14.8 Å². The molecule has 6 nitrogen and oxygen atoms in total. The van der Waals surface area contributed by atoms with E-state index in [9.17, 15) is 9.59 Å². The summed E-state index contributed by atoms with van der Waals surface area (Å²) in [6.45, 7) is 8.23. The number of hydrogen-bond acceptors (Lipinski definition) is 5. The summed E-state index contributed by atoms with van der Waals surface area (Å²) in [6, 6.07) is 6.84. The molecule has 1 aromatic carbocycles. The molecule has 1 saturated heterocycles. The lowest BCUT2D eigenvalue weighted by Gasteiger charge is -2.33. The number of carbonyl (C=O) groups excluding carboxylic acids is 2. The van der Waals surface area contributed by atoms with E-state index >= 15 is 0 Å². The third-order valence-corrected chi connectivity index (χ3v) is 3.78. The minimum atomic E-state index is -0.222. The van der Waals surface area contributed by atoms with Gasteiger partial charge in [-0.25, -0.2) is 0 Å². The molecule has 0 radical (unpaired) electrons. The Bertz CT molecular complexity index is 548. The van der Waals surface area contributed by atoms with E-state index < -0.39 is 0 Å². The lowest BCUT2D eigenvalue weighted by molar-refractivity contribution is -0.124. The Morgan fingerprint density at radius 3 is 3.00 bits per heavy atom. The minimum absolute atomic E-state index is 0.00344. The first-order valence-corrected chi connectivity index (χ1v) is 8.36. The van der Waals surface area contributed by atoms with Crippen LogP contribution in [0.15, 0.2) is 24.3 Å². The summed E-state index contributed by atoms with van der Waals surface area (Å²) in [5.74, 6) is 0.810. The fourth-order valence-corrected chi connectivity index (χ4v) is 2.72. The molecule has 1 N–H and O–H groups in total. The fraction of sp³-hybridized carbons (Fsp3) is 0.556. The van der Waals surface area contributed by atoms with E-state index in [-0.39, 0.29) is 18.6 Å². The van der Waals surface area contributed by atoms with E-state index in [1.165, 1.54) is 0 Å². The number of nitrogens with zero attached hydrogens (tertiary/aromatic N) is 1. The predicted molar refractivity (Wildman–Crippen MR) is 91.4 cm³/mol. The van der Waals surface area contributed by atoms with Crippen LogP contribution < -0.4 is 10.1 Å². The Labute approximate surface area is 143 Å². The van der Waals surface area contributed by atoms with Crippen molar-refractivity contribution in [1.82, 2.24) is 10.2 Å². The van der Waals surface area contributed by atoms with Gasteiger partial charge in [0.1, 0.15) is 5.75 Å². The highest BCUT2D eigenvalue weighted by Gasteiger charge is 2.21. The maximum absolute atomic E-state index is 11.9. The number of carbonyl (C=O) groups is 2. The summed E-state index contributed by atoms with van der Waals surface area (Å²) >= 11 is 0. The molecule has 1 unspecified atom stereocenters. The van der Waals surface area contributed by atoms with E-state index in [0.29, 0.717) is 36.7 Å². The normalized spacial score (nSPS) is 18.4. The molecule has 2 rings (SSSR count). The van der Waals surface area contributed by atoms with Gasteiger partial charge in [-0.15, -0.1) is 0 Å². The molecule has 1 aromatic rings. The van der Waals surface area contributed by atoms with Gasteiger partial charge in [-0.3, -0.25) is 14.5 Å². The van der Waals surface area contributed by atoms with E-state index in [1.807, 2.05) is 0 Å². The van der Waals surface area contributed by atoms with Crippen molar-refractivity contribution in [2.24, 2.45) is 5.92 Å². The van der Waals surface area contributed by atoms with Crippen LogP contribution in [0.3, 0.4) is 0 Å². The quantitative estimate of drug-likeness (QED) is 0.727. The largest absolute Gasteiger partial charge is 0.483 e. The molecule has 132 valence electrons. The van der Waals surface area contributed by atoms with Gasteiger partial charge in [0.2, 0.25) is 0 Å². The number of rotatable bonds is 8. The first-order valence-electron chi connectivity index (χ1n) is 8.36.